The molecule has 8 heteroatoms. The number of benzene rings is 2. The smallest absolute Gasteiger partial charge is 0.243 e. The summed E-state index contributed by atoms with van der Waals surface area (Å²) in [5.41, 5.74) is 7.43. The molecule has 2 aromatic rings. The molecule has 0 bridgehead atoms. The number of hydrogen-bond donors (Lipinski definition) is 2. The van der Waals surface area contributed by atoms with Crippen molar-refractivity contribution in [3.05, 3.63) is 66.2 Å². The van der Waals surface area contributed by atoms with Crippen LogP contribution in [0.15, 0.2) is 65.6 Å². The first kappa shape index (κ1) is 19.1. The Bertz CT molecular complexity index is 913. The van der Waals surface area contributed by atoms with E-state index in [0.29, 0.717) is 37.5 Å². The minimum absolute atomic E-state index is 0.0164. The highest BCUT2D eigenvalue weighted by molar-refractivity contribution is 7.89. The van der Waals surface area contributed by atoms with E-state index in [2.05, 4.69) is 10.9 Å². The maximum Gasteiger partial charge on any atom is 0.243 e. The number of carbonyl (C=O) groups excluding carboxylic acids is 1. The van der Waals surface area contributed by atoms with Gasteiger partial charge >= 0.3 is 0 Å². The average molecular weight is 401 g/mol. The lowest BCUT2D eigenvalue weighted by atomic mass is 10.0. The Balaban J connectivity index is 1.35. The van der Waals surface area contributed by atoms with Crippen molar-refractivity contribution in [3.8, 4) is 0 Å². The van der Waals surface area contributed by atoms with E-state index in [1.165, 1.54) is 4.31 Å². The molecule has 2 N–H and O–H groups in total. The number of hydrazine groups is 1. The number of sulfonamides is 1. The predicted molar refractivity (Wildman–Crippen MR) is 106 cm³/mol. The highest BCUT2D eigenvalue weighted by Crippen LogP contribution is 2.24. The van der Waals surface area contributed by atoms with Gasteiger partial charge in [-0.05, 0) is 24.1 Å². The molecular formula is C20H24N4O3S. The van der Waals surface area contributed by atoms with E-state index in [9.17, 15) is 13.2 Å². The lowest BCUT2D eigenvalue weighted by molar-refractivity contribution is -0.134. The summed E-state index contributed by atoms with van der Waals surface area (Å²) in [7, 11) is -3.51. The molecule has 0 aliphatic carbocycles. The molecule has 148 valence electrons. The van der Waals surface area contributed by atoms with Gasteiger partial charge in [-0.1, -0.05) is 48.5 Å². The number of amides is 1. The number of carbonyl (C=O) groups is 1. The van der Waals surface area contributed by atoms with Crippen LogP contribution in [0.4, 0.5) is 0 Å². The van der Waals surface area contributed by atoms with Crippen molar-refractivity contribution in [3.63, 3.8) is 0 Å². The Morgan fingerprint density at radius 2 is 1.46 bits per heavy atom. The van der Waals surface area contributed by atoms with Crippen LogP contribution in [0.1, 0.15) is 18.0 Å². The van der Waals surface area contributed by atoms with Crippen molar-refractivity contribution >= 4 is 15.9 Å². The zero-order chi connectivity index (χ0) is 19.6. The molecule has 2 fully saturated rings. The maximum absolute atomic E-state index is 12.9. The van der Waals surface area contributed by atoms with Crippen molar-refractivity contribution in [2.75, 3.05) is 26.2 Å². The Labute approximate surface area is 165 Å². The lowest BCUT2D eigenvalue weighted by Gasteiger charge is -2.35. The standard InChI is InChI=1S/C20H24N4O3S/c25-20(19-15-18(21-22-19)16-7-3-1-4-8-16)23-11-13-24(14-12-23)28(26,27)17-9-5-2-6-10-17/h1-10,18-19,21-22H,11-15H2. The van der Waals surface area contributed by atoms with Gasteiger partial charge in [-0.15, -0.1) is 0 Å². The number of nitrogens with one attached hydrogen (secondary N) is 2. The molecule has 28 heavy (non-hydrogen) atoms. The third-order valence-electron chi connectivity index (χ3n) is 5.33. The predicted octanol–water partition coefficient (Wildman–Crippen LogP) is 1.13. The zero-order valence-corrected chi connectivity index (χ0v) is 16.3. The summed E-state index contributed by atoms with van der Waals surface area (Å²) in [6.45, 7) is 1.43. The Kier molecular flexibility index (Phi) is 5.45. The quantitative estimate of drug-likeness (QED) is 0.804. The van der Waals surface area contributed by atoms with Gasteiger partial charge in [0.25, 0.3) is 0 Å². The Morgan fingerprint density at radius 1 is 0.857 bits per heavy atom. The van der Waals surface area contributed by atoms with Crippen molar-refractivity contribution in [2.24, 2.45) is 0 Å². The molecule has 2 aliphatic rings. The van der Waals surface area contributed by atoms with Gasteiger partial charge in [0, 0.05) is 32.2 Å². The lowest BCUT2D eigenvalue weighted by Crippen LogP contribution is -2.54. The van der Waals surface area contributed by atoms with Gasteiger partial charge in [0.05, 0.1) is 4.90 Å². The maximum atomic E-state index is 12.9. The second-order valence-corrected chi connectivity index (χ2v) is 9.02. The minimum Gasteiger partial charge on any atom is -0.339 e. The molecule has 1 amide bonds. The van der Waals surface area contributed by atoms with Crippen LogP contribution in [0.2, 0.25) is 0 Å². The van der Waals surface area contributed by atoms with E-state index in [4.69, 9.17) is 0 Å². The number of rotatable bonds is 4. The molecule has 0 saturated carbocycles. The van der Waals surface area contributed by atoms with Crippen molar-refractivity contribution in [1.29, 1.82) is 0 Å². The fourth-order valence-corrected chi connectivity index (χ4v) is 5.18. The Morgan fingerprint density at radius 3 is 2.11 bits per heavy atom. The molecule has 2 aromatic carbocycles. The van der Waals surface area contributed by atoms with E-state index in [1.807, 2.05) is 30.3 Å². The zero-order valence-electron chi connectivity index (χ0n) is 15.5. The summed E-state index contributed by atoms with van der Waals surface area (Å²) < 4.78 is 26.9. The number of hydrogen-bond acceptors (Lipinski definition) is 5. The average Bonchev–Trinajstić information content (AvgIpc) is 3.25. The molecule has 2 atom stereocenters. The molecular weight excluding hydrogens is 376 g/mol. The molecule has 2 saturated heterocycles. The second-order valence-electron chi connectivity index (χ2n) is 7.08. The van der Waals surface area contributed by atoms with Gasteiger partial charge in [-0.2, -0.15) is 4.31 Å². The molecule has 7 nitrogen and oxygen atoms in total. The van der Waals surface area contributed by atoms with Crippen LogP contribution in [0.5, 0.6) is 0 Å². The van der Waals surface area contributed by atoms with Crippen LogP contribution in [-0.4, -0.2) is 55.8 Å². The molecule has 2 aliphatic heterocycles. The van der Waals surface area contributed by atoms with Gasteiger partial charge in [0.15, 0.2) is 0 Å². The summed E-state index contributed by atoms with van der Waals surface area (Å²) in [6.07, 6.45) is 0.672. The topological polar surface area (TPSA) is 81.8 Å². The third kappa shape index (κ3) is 3.81. The molecule has 0 spiro atoms. The number of piperazine rings is 1. The van der Waals surface area contributed by atoms with Gasteiger partial charge in [0.2, 0.25) is 15.9 Å². The third-order valence-corrected chi connectivity index (χ3v) is 7.25. The van der Waals surface area contributed by atoms with Crippen LogP contribution in [0.3, 0.4) is 0 Å². The van der Waals surface area contributed by atoms with Gasteiger partial charge in [0.1, 0.15) is 6.04 Å². The molecule has 2 unspecified atom stereocenters. The van der Waals surface area contributed by atoms with Crippen molar-refractivity contribution < 1.29 is 13.2 Å². The molecule has 0 aromatic heterocycles. The van der Waals surface area contributed by atoms with Crippen LogP contribution in [-0.2, 0) is 14.8 Å². The second kappa shape index (κ2) is 8.00. The fraction of sp³-hybridized carbons (Fsp3) is 0.350. The monoisotopic (exact) mass is 400 g/mol. The van der Waals surface area contributed by atoms with E-state index in [0.717, 1.165) is 5.56 Å². The highest BCUT2D eigenvalue weighted by Gasteiger charge is 2.36. The number of nitrogens with zero attached hydrogens (tertiary/aromatic N) is 2. The summed E-state index contributed by atoms with van der Waals surface area (Å²) in [5, 5.41) is 0. The Hall–Kier alpha value is -2.26. The van der Waals surface area contributed by atoms with E-state index in [1.54, 1.807) is 35.2 Å². The van der Waals surface area contributed by atoms with Crippen LogP contribution in [0.25, 0.3) is 0 Å². The largest absolute Gasteiger partial charge is 0.339 e. The van der Waals surface area contributed by atoms with Gasteiger partial charge < -0.3 is 4.90 Å². The van der Waals surface area contributed by atoms with E-state index in [-0.39, 0.29) is 18.0 Å². The summed E-state index contributed by atoms with van der Waals surface area (Å²) in [4.78, 5) is 14.9. The summed E-state index contributed by atoms with van der Waals surface area (Å²) in [6, 6.07) is 18.2. The first-order valence-electron chi connectivity index (χ1n) is 9.46. The normalized spacial score (nSPS) is 23.6. The van der Waals surface area contributed by atoms with Crippen molar-refractivity contribution in [1.82, 2.24) is 20.1 Å². The van der Waals surface area contributed by atoms with E-state index < -0.39 is 10.0 Å². The van der Waals surface area contributed by atoms with Crippen LogP contribution in [0, 0.1) is 0 Å². The summed E-state index contributed by atoms with van der Waals surface area (Å²) in [5.74, 6) is 0.0164. The highest BCUT2D eigenvalue weighted by atomic mass is 32.2. The molecule has 4 rings (SSSR count). The first-order chi connectivity index (χ1) is 13.6. The summed E-state index contributed by atoms with van der Waals surface area (Å²) >= 11 is 0. The van der Waals surface area contributed by atoms with Crippen LogP contribution >= 0.6 is 0 Å². The van der Waals surface area contributed by atoms with Crippen molar-refractivity contribution in [2.45, 2.75) is 23.4 Å². The fourth-order valence-electron chi connectivity index (χ4n) is 3.73. The minimum atomic E-state index is -3.51. The van der Waals surface area contributed by atoms with E-state index >= 15 is 0 Å². The van der Waals surface area contributed by atoms with Crippen LogP contribution < -0.4 is 10.9 Å². The van der Waals surface area contributed by atoms with Gasteiger partial charge in [-0.25, -0.2) is 19.3 Å². The molecule has 2 heterocycles. The molecule has 0 radical (unpaired) electrons. The van der Waals surface area contributed by atoms with Gasteiger partial charge in [-0.3, -0.25) is 4.79 Å². The SMILES string of the molecule is O=C(C1CC(c2ccccc2)NN1)N1CCN(S(=O)(=O)c2ccccc2)CC1. The first-order valence-corrected chi connectivity index (χ1v) is 10.9.